The SMILES string of the molecule is COc1ccc(OC)c(C(O)c2ccnnc2)c1. The molecule has 1 heterocycles. The van der Waals surface area contributed by atoms with Crippen molar-refractivity contribution < 1.29 is 14.6 Å². The van der Waals surface area contributed by atoms with Gasteiger partial charge in [-0.25, -0.2) is 0 Å². The minimum absolute atomic E-state index is 0.597. The number of hydrogen-bond acceptors (Lipinski definition) is 5. The van der Waals surface area contributed by atoms with Gasteiger partial charge in [0, 0.05) is 17.3 Å². The molecule has 1 aromatic carbocycles. The molecule has 2 aromatic rings. The van der Waals surface area contributed by atoms with Gasteiger partial charge in [0.15, 0.2) is 0 Å². The van der Waals surface area contributed by atoms with Gasteiger partial charge >= 0.3 is 0 Å². The molecule has 0 aliphatic heterocycles. The number of benzene rings is 1. The Balaban J connectivity index is 2.42. The molecule has 5 nitrogen and oxygen atoms in total. The molecular formula is C13H14N2O3. The molecule has 0 fully saturated rings. The van der Waals surface area contributed by atoms with Crippen LogP contribution in [0.3, 0.4) is 0 Å². The highest BCUT2D eigenvalue weighted by molar-refractivity contribution is 5.44. The molecule has 0 saturated heterocycles. The molecule has 2 rings (SSSR count). The number of aliphatic hydroxyl groups is 1. The van der Waals surface area contributed by atoms with Crippen molar-refractivity contribution in [2.75, 3.05) is 14.2 Å². The lowest BCUT2D eigenvalue weighted by Gasteiger charge is -2.15. The lowest BCUT2D eigenvalue weighted by Crippen LogP contribution is -2.03. The summed E-state index contributed by atoms with van der Waals surface area (Å²) in [6.07, 6.45) is 2.22. The van der Waals surface area contributed by atoms with Gasteiger partial charge in [0.05, 0.1) is 20.4 Å². The van der Waals surface area contributed by atoms with Crippen LogP contribution in [0.1, 0.15) is 17.2 Å². The van der Waals surface area contributed by atoms with E-state index in [1.165, 1.54) is 12.4 Å². The average molecular weight is 246 g/mol. The molecule has 0 amide bonds. The summed E-state index contributed by atoms with van der Waals surface area (Å²) in [5.74, 6) is 1.26. The first-order chi connectivity index (χ1) is 8.76. The lowest BCUT2D eigenvalue weighted by molar-refractivity contribution is 0.213. The third-order valence-electron chi connectivity index (χ3n) is 2.65. The average Bonchev–Trinajstić information content (AvgIpc) is 2.46. The van der Waals surface area contributed by atoms with Crippen LogP contribution in [0.5, 0.6) is 11.5 Å². The highest BCUT2D eigenvalue weighted by atomic mass is 16.5. The van der Waals surface area contributed by atoms with Crippen molar-refractivity contribution in [1.29, 1.82) is 0 Å². The predicted molar refractivity (Wildman–Crippen MR) is 65.6 cm³/mol. The Hall–Kier alpha value is -2.14. The summed E-state index contributed by atoms with van der Waals surface area (Å²) in [6.45, 7) is 0. The van der Waals surface area contributed by atoms with Crippen LogP contribution in [0.4, 0.5) is 0 Å². The summed E-state index contributed by atoms with van der Waals surface area (Å²) >= 11 is 0. The summed E-state index contributed by atoms with van der Waals surface area (Å²) in [5, 5.41) is 17.7. The number of aromatic nitrogens is 2. The Kier molecular flexibility index (Phi) is 3.74. The monoisotopic (exact) mass is 246 g/mol. The summed E-state index contributed by atoms with van der Waals surface area (Å²) in [5.41, 5.74) is 1.28. The zero-order valence-electron chi connectivity index (χ0n) is 10.2. The molecule has 18 heavy (non-hydrogen) atoms. The van der Waals surface area contributed by atoms with Crippen molar-refractivity contribution in [1.82, 2.24) is 10.2 Å². The fourth-order valence-corrected chi connectivity index (χ4v) is 1.70. The third kappa shape index (κ3) is 2.41. The van der Waals surface area contributed by atoms with E-state index in [0.717, 1.165) is 0 Å². The van der Waals surface area contributed by atoms with E-state index in [1.54, 1.807) is 38.5 Å². The second kappa shape index (κ2) is 5.46. The molecule has 0 bridgehead atoms. The van der Waals surface area contributed by atoms with Gasteiger partial charge in [0.25, 0.3) is 0 Å². The van der Waals surface area contributed by atoms with Gasteiger partial charge in [-0.15, -0.1) is 0 Å². The van der Waals surface area contributed by atoms with E-state index in [2.05, 4.69) is 10.2 Å². The van der Waals surface area contributed by atoms with E-state index >= 15 is 0 Å². The third-order valence-corrected chi connectivity index (χ3v) is 2.65. The molecule has 1 atom stereocenters. The molecule has 0 aliphatic rings. The Bertz CT molecular complexity index is 517. The van der Waals surface area contributed by atoms with Gasteiger partial charge in [-0.3, -0.25) is 0 Å². The van der Waals surface area contributed by atoms with Crippen molar-refractivity contribution in [3.63, 3.8) is 0 Å². The number of hydrogen-bond donors (Lipinski definition) is 1. The van der Waals surface area contributed by atoms with Gasteiger partial charge in [-0.05, 0) is 24.3 Å². The number of ether oxygens (including phenoxy) is 2. The van der Waals surface area contributed by atoms with Crippen molar-refractivity contribution >= 4 is 0 Å². The molecule has 1 aromatic heterocycles. The maximum Gasteiger partial charge on any atom is 0.125 e. The molecule has 0 saturated carbocycles. The second-order valence-corrected chi connectivity index (χ2v) is 3.69. The van der Waals surface area contributed by atoms with Crippen molar-refractivity contribution in [3.05, 3.63) is 47.8 Å². The Morgan fingerprint density at radius 1 is 1.11 bits per heavy atom. The van der Waals surface area contributed by atoms with E-state index in [9.17, 15) is 5.11 Å². The van der Waals surface area contributed by atoms with E-state index in [0.29, 0.717) is 22.6 Å². The topological polar surface area (TPSA) is 64.5 Å². The predicted octanol–water partition coefficient (Wildman–Crippen LogP) is 1.58. The largest absolute Gasteiger partial charge is 0.497 e. The van der Waals surface area contributed by atoms with Gasteiger partial charge in [-0.2, -0.15) is 10.2 Å². The van der Waals surface area contributed by atoms with E-state index in [1.807, 2.05) is 0 Å². The quantitative estimate of drug-likeness (QED) is 0.887. The van der Waals surface area contributed by atoms with Gasteiger partial charge < -0.3 is 14.6 Å². The zero-order chi connectivity index (χ0) is 13.0. The van der Waals surface area contributed by atoms with Gasteiger partial charge in [0.1, 0.15) is 17.6 Å². The number of rotatable bonds is 4. The van der Waals surface area contributed by atoms with Crippen LogP contribution < -0.4 is 9.47 Å². The Morgan fingerprint density at radius 2 is 1.94 bits per heavy atom. The van der Waals surface area contributed by atoms with Crippen LogP contribution in [0.15, 0.2) is 36.7 Å². The molecule has 1 unspecified atom stereocenters. The van der Waals surface area contributed by atoms with Crippen LogP contribution in [-0.4, -0.2) is 29.5 Å². The van der Waals surface area contributed by atoms with Crippen LogP contribution >= 0.6 is 0 Å². The molecular weight excluding hydrogens is 232 g/mol. The van der Waals surface area contributed by atoms with E-state index in [4.69, 9.17) is 9.47 Å². The first-order valence-corrected chi connectivity index (χ1v) is 5.43. The highest BCUT2D eigenvalue weighted by Gasteiger charge is 2.16. The fraction of sp³-hybridized carbons (Fsp3) is 0.231. The lowest BCUT2D eigenvalue weighted by atomic mass is 10.0. The van der Waals surface area contributed by atoms with E-state index in [-0.39, 0.29) is 0 Å². The van der Waals surface area contributed by atoms with Crippen LogP contribution in [-0.2, 0) is 0 Å². The number of methoxy groups -OCH3 is 2. The number of nitrogens with zero attached hydrogens (tertiary/aromatic N) is 2. The second-order valence-electron chi connectivity index (χ2n) is 3.69. The summed E-state index contributed by atoms with van der Waals surface area (Å²) in [4.78, 5) is 0. The number of aliphatic hydroxyl groups excluding tert-OH is 1. The van der Waals surface area contributed by atoms with Gasteiger partial charge in [-0.1, -0.05) is 0 Å². The molecule has 0 aliphatic carbocycles. The van der Waals surface area contributed by atoms with Crippen LogP contribution in [0.25, 0.3) is 0 Å². The molecule has 1 N–H and O–H groups in total. The summed E-state index contributed by atoms with van der Waals surface area (Å²) < 4.78 is 10.4. The van der Waals surface area contributed by atoms with Crippen LogP contribution in [0.2, 0.25) is 0 Å². The summed E-state index contributed by atoms with van der Waals surface area (Å²) in [6, 6.07) is 6.98. The minimum atomic E-state index is -0.828. The van der Waals surface area contributed by atoms with Gasteiger partial charge in [0.2, 0.25) is 0 Å². The maximum absolute atomic E-state index is 10.3. The summed E-state index contributed by atoms with van der Waals surface area (Å²) in [7, 11) is 3.13. The van der Waals surface area contributed by atoms with Crippen molar-refractivity contribution in [2.24, 2.45) is 0 Å². The Morgan fingerprint density at radius 3 is 2.56 bits per heavy atom. The standard InChI is InChI=1S/C13H14N2O3/c1-17-10-3-4-12(18-2)11(7-10)13(16)9-5-6-14-15-8-9/h3-8,13,16H,1-2H3. The maximum atomic E-state index is 10.3. The highest BCUT2D eigenvalue weighted by Crippen LogP contribution is 2.32. The van der Waals surface area contributed by atoms with E-state index < -0.39 is 6.10 Å². The smallest absolute Gasteiger partial charge is 0.125 e. The molecule has 0 spiro atoms. The molecule has 0 radical (unpaired) electrons. The first-order valence-electron chi connectivity index (χ1n) is 5.43. The van der Waals surface area contributed by atoms with Crippen molar-refractivity contribution in [2.45, 2.75) is 6.10 Å². The normalized spacial score (nSPS) is 11.9. The molecule has 94 valence electrons. The fourth-order valence-electron chi connectivity index (χ4n) is 1.70. The zero-order valence-corrected chi connectivity index (χ0v) is 10.2. The van der Waals surface area contributed by atoms with Crippen LogP contribution in [0, 0.1) is 0 Å². The first kappa shape index (κ1) is 12.3. The molecule has 5 heteroatoms. The minimum Gasteiger partial charge on any atom is -0.497 e. The Labute approximate surface area is 105 Å². The van der Waals surface area contributed by atoms with Crippen molar-refractivity contribution in [3.8, 4) is 11.5 Å².